The predicted molar refractivity (Wildman–Crippen MR) is 79.9 cm³/mol. The molecular weight excluding hydrogens is 318 g/mol. The van der Waals surface area contributed by atoms with Crippen LogP contribution in [-0.4, -0.2) is 18.0 Å². The number of halogens is 3. The first kappa shape index (κ1) is 15.5. The monoisotopic (exact) mass is 328 g/mol. The molecule has 0 fully saturated rings. The fourth-order valence-corrected chi connectivity index (χ4v) is 2.32. The van der Waals surface area contributed by atoms with Crippen molar-refractivity contribution >= 4 is 34.8 Å². The van der Waals surface area contributed by atoms with Gasteiger partial charge in [-0.3, -0.25) is 4.79 Å². The van der Waals surface area contributed by atoms with Crippen LogP contribution in [0.1, 0.15) is 15.9 Å². The van der Waals surface area contributed by atoms with Gasteiger partial charge in [0.2, 0.25) is 0 Å². The van der Waals surface area contributed by atoms with Gasteiger partial charge in [0.15, 0.2) is 16.7 Å². The third kappa shape index (κ3) is 3.43. The summed E-state index contributed by atoms with van der Waals surface area (Å²) >= 11 is 11.7. The number of anilines is 1. The molecule has 0 radical (unpaired) electrons. The van der Waals surface area contributed by atoms with E-state index in [0.29, 0.717) is 11.3 Å². The van der Waals surface area contributed by atoms with Crippen molar-refractivity contribution in [3.8, 4) is 5.75 Å². The molecule has 21 heavy (non-hydrogen) atoms. The number of nitrogens with one attached hydrogen (secondary N) is 1. The van der Waals surface area contributed by atoms with Gasteiger partial charge < -0.3 is 10.1 Å². The Bertz CT molecular complexity index is 684. The molecule has 110 valence electrons. The average Bonchev–Trinajstić information content (AvgIpc) is 2.42. The quantitative estimate of drug-likeness (QED) is 0.863. The summed E-state index contributed by atoms with van der Waals surface area (Å²) in [6.07, 6.45) is 0. The standard InChI is InChI=1S/C14H11Cl2FN2O2/c1-7-5-11(15)18-13(16)12(7)19-14(20)8-3-4-10(21-2)9(17)6-8/h3-6H,1-2H3,(H,19,20). The smallest absolute Gasteiger partial charge is 0.255 e. The minimum Gasteiger partial charge on any atom is -0.494 e. The highest BCUT2D eigenvalue weighted by atomic mass is 35.5. The molecule has 4 nitrogen and oxygen atoms in total. The molecule has 2 aromatic rings. The van der Waals surface area contributed by atoms with Crippen molar-refractivity contribution in [3.63, 3.8) is 0 Å². The van der Waals surface area contributed by atoms with Gasteiger partial charge in [-0.25, -0.2) is 9.37 Å². The lowest BCUT2D eigenvalue weighted by molar-refractivity contribution is 0.102. The molecule has 0 saturated heterocycles. The Kier molecular flexibility index (Phi) is 4.65. The molecular formula is C14H11Cl2FN2O2. The van der Waals surface area contributed by atoms with Crippen LogP contribution in [0.5, 0.6) is 5.75 Å². The van der Waals surface area contributed by atoms with Crippen molar-refractivity contribution in [3.05, 3.63) is 51.5 Å². The Morgan fingerprint density at radius 3 is 2.62 bits per heavy atom. The van der Waals surface area contributed by atoms with Crippen LogP contribution in [0.15, 0.2) is 24.3 Å². The Labute approximate surface area is 130 Å². The van der Waals surface area contributed by atoms with Gasteiger partial charge in [0.1, 0.15) is 5.15 Å². The highest BCUT2D eigenvalue weighted by molar-refractivity contribution is 6.35. The zero-order valence-electron chi connectivity index (χ0n) is 11.2. The van der Waals surface area contributed by atoms with Gasteiger partial charge in [0.25, 0.3) is 5.91 Å². The summed E-state index contributed by atoms with van der Waals surface area (Å²) in [7, 11) is 1.35. The number of hydrogen-bond acceptors (Lipinski definition) is 3. The molecule has 1 aromatic heterocycles. The highest BCUT2D eigenvalue weighted by Crippen LogP contribution is 2.27. The summed E-state index contributed by atoms with van der Waals surface area (Å²) in [6, 6.07) is 5.47. The van der Waals surface area contributed by atoms with Crippen LogP contribution in [0.2, 0.25) is 10.3 Å². The number of ether oxygens (including phenoxy) is 1. The van der Waals surface area contributed by atoms with E-state index in [0.717, 1.165) is 6.07 Å². The number of carbonyl (C=O) groups is 1. The average molecular weight is 329 g/mol. The number of benzene rings is 1. The number of carbonyl (C=O) groups excluding carboxylic acids is 1. The third-order valence-corrected chi connectivity index (χ3v) is 3.26. The SMILES string of the molecule is COc1ccc(C(=O)Nc2c(C)cc(Cl)nc2Cl)cc1F. The number of methoxy groups -OCH3 is 1. The number of hydrogen-bond donors (Lipinski definition) is 1. The van der Waals surface area contributed by atoms with E-state index in [1.54, 1.807) is 13.0 Å². The Morgan fingerprint density at radius 2 is 2.05 bits per heavy atom. The number of aryl methyl sites for hydroxylation is 1. The molecule has 0 atom stereocenters. The number of amides is 1. The molecule has 1 heterocycles. The molecule has 7 heteroatoms. The number of rotatable bonds is 3. The summed E-state index contributed by atoms with van der Waals surface area (Å²) in [5.41, 5.74) is 1.13. The number of aromatic nitrogens is 1. The van der Waals surface area contributed by atoms with E-state index in [1.807, 2.05) is 0 Å². The lowest BCUT2D eigenvalue weighted by Crippen LogP contribution is -2.14. The first-order valence-corrected chi connectivity index (χ1v) is 6.65. The van der Waals surface area contributed by atoms with Crippen molar-refractivity contribution in [1.29, 1.82) is 0 Å². The van der Waals surface area contributed by atoms with Crippen LogP contribution in [0, 0.1) is 12.7 Å². The van der Waals surface area contributed by atoms with E-state index in [-0.39, 0.29) is 21.6 Å². The van der Waals surface area contributed by atoms with E-state index in [1.165, 1.54) is 19.2 Å². The minimum atomic E-state index is -0.623. The maximum Gasteiger partial charge on any atom is 0.255 e. The van der Waals surface area contributed by atoms with Crippen molar-refractivity contribution in [1.82, 2.24) is 4.98 Å². The first-order valence-electron chi connectivity index (χ1n) is 5.90. The zero-order chi connectivity index (χ0) is 15.6. The van der Waals surface area contributed by atoms with E-state index in [2.05, 4.69) is 10.3 Å². The molecule has 0 aliphatic carbocycles. The molecule has 0 aliphatic rings. The van der Waals surface area contributed by atoms with Crippen LogP contribution >= 0.6 is 23.2 Å². The summed E-state index contributed by atoms with van der Waals surface area (Å²) in [6.45, 7) is 1.73. The van der Waals surface area contributed by atoms with Gasteiger partial charge in [0.05, 0.1) is 12.8 Å². The van der Waals surface area contributed by atoms with Crippen molar-refractivity contribution in [2.24, 2.45) is 0 Å². The van der Waals surface area contributed by atoms with Gasteiger partial charge >= 0.3 is 0 Å². The van der Waals surface area contributed by atoms with Gasteiger partial charge in [-0.1, -0.05) is 23.2 Å². The fourth-order valence-electron chi connectivity index (χ4n) is 1.74. The summed E-state index contributed by atoms with van der Waals surface area (Å²) in [4.78, 5) is 16.0. The minimum absolute atomic E-state index is 0.0638. The van der Waals surface area contributed by atoms with Gasteiger partial charge in [-0.2, -0.15) is 0 Å². The zero-order valence-corrected chi connectivity index (χ0v) is 12.7. The van der Waals surface area contributed by atoms with Crippen LogP contribution < -0.4 is 10.1 Å². The van der Waals surface area contributed by atoms with Gasteiger partial charge in [-0.15, -0.1) is 0 Å². The molecule has 0 spiro atoms. The third-order valence-electron chi connectivity index (χ3n) is 2.79. The Hall–Kier alpha value is -1.85. The van der Waals surface area contributed by atoms with Crippen LogP contribution in [0.3, 0.4) is 0 Å². The lowest BCUT2D eigenvalue weighted by Gasteiger charge is -2.11. The second-order valence-electron chi connectivity index (χ2n) is 4.23. The fraction of sp³-hybridized carbons (Fsp3) is 0.143. The Morgan fingerprint density at radius 1 is 1.33 bits per heavy atom. The normalized spacial score (nSPS) is 10.3. The number of nitrogens with zero attached hydrogens (tertiary/aromatic N) is 1. The molecule has 1 N–H and O–H groups in total. The van der Waals surface area contributed by atoms with Crippen LogP contribution in [0.4, 0.5) is 10.1 Å². The summed E-state index contributed by atoms with van der Waals surface area (Å²) < 4.78 is 18.4. The largest absolute Gasteiger partial charge is 0.494 e. The van der Waals surface area contributed by atoms with Gasteiger partial charge in [-0.05, 0) is 36.8 Å². The van der Waals surface area contributed by atoms with Crippen molar-refractivity contribution in [2.45, 2.75) is 6.92 Å². The van der Waals surface area contributed by atoms with Crippen molar-refractivity contribution < 1.29 is 13.9 Å². The van der Waals surface area contributed by atoms with E-state index in [9.17, 15) is 9.18 Å². The predicted octanol–water partition coefficient (Wildman–Crippen LogP) is 4.10. The summed E-state index contributed by atoms with van der Waals surface area (Å²) in [5, 5.41) is 2.89. The molecule has 0 bridgehead atoms. The second kappa shape index (κ2) is 6.28. The van der Waals surface area contributed by atoms with Crippen molar-refractivity contribution in [2.75, 3.05) is 12.4 Å². The van der Waals surface area contributed by atoms with Crippen LogP contribution in [-0.2, 0) is 0 Å². The molecule has 2 rings (SSSR count). The first-order chi connectivity index (χ1) is 9.92. The molecule has 0 aliphatic heterocycles. The molecule has 1 aromatic carbocycles. The Balaban J connectivity index is 2.28. The maximum atomic E-state index is 13.6. The summed E-state index contributed by atoms with van der Waals surface area (Å²) in [5.74, 6) is -1.07. The lowest BCUT2D eigenvalue weighted by atomic mass is 10.2. The highest BCUT2D eigenvalue weighted by Gasteiger charge is 2.14. The topological polar surface area (TPSA) is 51.2 Å². The van der Waals surface area contributed by atoms with E-state index in [4.69, 9.17) is 27.9 Å². The van der Waals surface area contributed by atoms with E-state index < -0.39 is 11.7 Å². The number of pyridine rings is 1. The van der Waals surface area contributed by atoms with E-state index >= 15 is 0 Å². The molecule has 0 saturated carbocycles. The van der Waals surface area contributed by atoms with Crippen LogP contribution in [0.25, 0.3) is 0 Å². The molecule has 1 amide bonds. The van der Waals surface area contributed by atoms with Gasteiger partial charge in [0, 0.05) is 5.56 Å². The second-order valence-corrected chi connectivity index (χ2v) is 4.98. The maximum absolute atomic E-state index is 13.6. The molecule has 0 unspecified atom stereocenters.